The Morgan fingerprint density at radius 2 is 1.72 bits per heavy atom. The van der Waals surface area contributed by atoms with Crippen molar-refractivity contribution < 1.29 is 18.3 Å². The Balaban J connectivity index is 2.00. The van der Waals surface area contributed by atoms with Crippen molar-refractivity contribution in [3.8, 4) is 11.5 Å². The fraction of sp³-hybridized carbons (Fsp3) is 0.211. The van der Waals surface area contributed by atoms with E-state index >= 15 is 0 Å². The molecule has 0 aliphatic carbocycles. The van der Waals surface area contributed by atoms with E-state index in [1.807, 2.05) is 19.9 Å². The maximum atomic E-state index is 13.9. The minimum absolute atomic E-state index is 0.113. The molecule has 0 unspecified atom stereocenters. The van der Waals surface area contributed by atoms with Crippen LogP contribution in [0.1, 0.15) is 13.8 Å². The number of hydrogen-bond donors (Lipinski definition) is 1. The molecule has 3 aromatic rings. The zero-order chi connectivity index (χ0) is 17.8. The minimum Gasteiger partial charge on any atom is -0.490 e. The van der Waals surface area contributed by atoms with Crippen molar-refractivity contribution >= 4 is 22.3 Å². The summed E-state index contributed by atoms with van der Waals surface area (Å²) in [7, 11) is 0. The maximum absolute atomic E-state index is 13.9. The SMILES string of the molecule is CCOc1ccc(Nc2ccnc3c(F)cc(F)cc23)cc1OCC. The van der Waals surface area contributed by atoms with Crippen LogP contribution in [0, 0.1) is 11.6 Å². The second-order valence-electron chi connectivity index (χ2n) is 5.29. The van der Waals surface area contributed by atoms with Crippen molar-refractivity contribution in [3.05, 3.63) is 54.2 Å². The monoisotopic (exact) mass is 344 g/mol. The number of halogens is 2. The molecule has 0 aliphatic rings. The van der Waals surface area contributed by atoms with Gasteiger partial charge in [-0.1, -0.05) is 0 Å². The summed E-state index contributed by atoms with van der Waals surface area (Å²) in [5.74, 6) is -0.0975. The van der Waals surface area contributed by atoms with Gasteiger partial charge in [0.25, 0.3) is 0 Å². The molecule has 3 rings (SSSR count). The number of aromatic nitrogens is 1. The first-order valence-electron chi connectivity index (χ1n) is 8.02. The van der Waals surface area contributed by atoms with Crippen molar-refractivity contribution in [2.75, 3.05) is 18.5 Å². The van der Waals surface area contributed by atoms with Crippen LogP contribution in [0.3, 0.4) is 0 Å². The summed E-state index contributed by atoms with van der Waals surface area (Å²) < 4.78 is 38.6. The summed E-state index contributed by atoms with van der Waals surface area (Å²) >= 11 is 0. The van der Waals surface area contributed by atoms with Gasteiger partial charge in [-0.2, -0.15) is 0 Å². The van der Waals surface area contributed by atoms with Crippen LogP contribution in [0.4, 0.5) is 20.2 Å². The van der Waals surface area contributed by atoms with E-state index in [4.69, 9.17) is 9.47 Å². The lowest BCUT2D eigenvalue weighted by Crippen LogP contribution is -2.00. The van der Waals surface area contributed by atoms with Gasteiger partial charge in [-0.05, 0) is 38.1 Å². The number of hydrogen-bond acceptors (Lipinski definition) is 4. The number of ether oxygens (including phenoxy) is 2. The number of nitrogens with zero attached hydrogens (tertiary/aromatic N) is 1. The van der Waals surface area contributed by atoms with Gasteiger partial charge in [-0.15, -0.1) is 0 Å². The van der Waals surface area contributed by atoms with Gasteiger partial charge < -0.3 is 14.8 Å². The van der Waals surface area contributed by atoms with Crippen LogP contribution in [-0.2, 0) is 0 Å². The zero-order valence-corrected chi connectivity index (χ0v) is 14.0. The summed E-state index contributed by atoms with van der Waals surface area (Å²) in [6.07, 6.45) is 1.48. The van der Waals surface area contributed by atoms with Crippen LogP contribution in [0.5, 0.6) is 11.5 Å². The molecule has 0 radical (unpaired) electrons. The topological polar surface area (TPSA) is 43.4 Å². The Morgan fingerprint density at radius 1 is 0.960 bits per heavy atom. The number of benzene rings is 2. The van der Waals surface area contributed by atoms with Crippen LogP contribution < -0.4 is 14.8 Å². The van der Waals surface area contributed by atoms with Gasteiger partial charge in [0, 0.05) is 35.1 Å². The molecule has 0 amide bonds. The first-order chi connectivity index (χ1) is 12.1. The molecule has 0 atom stereocenters. The van der Waals surface area contributed by atoms with Crippen molar-refractivity contribution in [3.63, 3.8) is 0 Å². The van der Waals surface area contributed by atoms with Gasteiger partial charge in [0.2, 0.25) is 0 Å². The summed E-state index contributed by atoms with van der Waals surface area (Å²) in [5, 5.41) is 3.53. The lowest BCUT2D eigenvalue weighted by atomic mass is 10.1. The number of anilines is 2. The van der Waals surface area contributed by atoms with Crippen LogP contribution in [0.2, 0.25) is 0 Å². The maximum Gasteiger partial charge on any atom is 0.163 e. The third-order valence-electron chi connectivity index (χ3n) is 3.59. The van der Waals surface area contributed by atoms with Crippen LogP contribution in [0.15, 0.2) is 42.6 Å². The van der Waals surface area contributed by atoms with E-state index in [0.29, 0.717) is 41.5 Å². The Hall–Kier alpha value is -2.89. The number of nitrogens with one attached hydrogen (secondary N) is 1. The second-order valence-corrected chi connectivity index (χ2v) is 5.29. The second kappa shape index (κ2) is 7.34. The largest absolute Gasteiger partial charge is 0.490 e. The molecule has 0 saturated heterocycles. The van der Waals surface area contributed by atoms with E-state index < -0.39 is 11.6 Å². The molecular weight excluding hydrogens is 326 g/mol. The molecule has 0 fully saturated rings. The van der Waals surface area contributed by atoms with Gasteiger partial charge in [0.05, 0.1) is 13.2 Å². The summed E-state index contributed by atoms with van der Waals surface area (Å²) in [5.41, 5.74) is 1.38. The summed E-state index contributed by atoms with van der Waals surface area (Å²) in [4.78, 5) is 3.98. The van der Waals surface area contributed by atoms with Gasteiger partial charge >= 0.3 is 0 Å². The van der Waals surface area contributed by atoms with Crippen LogP contribution >= 0.6 is 0 Å². The molecular formula is C19H18F2N2O2. The van der Waals surface area contributed by atoms with Gasteiger partial charge in [0.1, 0.15) is 11.3 Å². The molecule has 25 heavy (non-hydrogen) atoms. The average molecular weight is 344 g/mol. The lowest BCUT2D eigenvalue weighted by Gasteiger charge is -2.14. The molecule has 6 heteroatoms. The molecule has 1 aromatic heterocycles. The van der Waals surface area contributed by atoms with Crippen LogP contribution in [0.25, 0.3) is 10.9 Å². The van der Waals surface area contributed by atoms with Crippen molar-refractivity contribution in [1.29, 1.82) is 0 Å². The predicted molar refractivity (Wildman–Crippen MR) is 93.7 cm³/mol. The molecule has 1 heterocycles. The van der Waals surface area contributed by atoms with E-state index in [-0.39, 0.29) is 5.52 Å². The standard InChI is InChI=1S/C19H18F2N2O2/c1-3-24-17-6-5-13(11-18(17)25-4-2)23-16-7-8-22-19-14(16)9-12(20)10-15(19)21/h5-11H,3-4H2,1-2H3,(H,22,23). The Labute approximate surface area is 144 Å². The van der Waals surface area contributed by atoms with Gasteiger partial charge in [-0.3, -0.25) is 4.98 Å². The molecule has 0 bridgehead atoms. The zero-order valence-electron chi connectivity index (χ0n) is 14.0. The Bertz CT molecular complexity index is 900. The van der Waals surface area contributed by atoms with E-state index in [9.17, 15) is 8.78 Å². The third kappa shape index (κ3) is 3.63. The molecule has 130 valence electrons. The van der Waals surface area contributed by atoms with Crippen molar-refractivity contribution in [1.82, 2.24) is 4.98 Å². The number of fused-ring (bicyclic) bond motifs is 1. The summed E-state index contributed by atoms with van der Waals surface area (Å²) in [6.45, 7) is 4.81. The lowest BCUT2D eigenvalue weighted by molar-refractivity contribution is 0.288. The number of rotatable bonds is 6. The molecule has 0 saturated carbocycles. The van der Waals surface area contributed by atoms with E-state index in [0.717, 1.165) is 6.07 Å². The van der Waals surface area contributed by atoms with Gasteiger partial charge in [0.15, 0.2) is 17.3 Å². The summed E-state index contributed by atoms with van der Waals surface area (Å²) in [6, 6.07) is 9.14. The Morgan fingerprint density at radius 3 is 2.48 bits per heavy atom. The number of pyridine rings is 1. The molecule has 4 nitrogen and oxygen atoms in total. The Kier molecular flexibility index (Phi) is 4.97. The molecule has 1 N–H and O–H groups in total. The van der Waals surface area contributed by atoms with E-state index in [2.05, 4.69) is 10.3 Å². The highest BCUT2D eigenvalue weighted by molar-refractivity contribution is 5.93. The first kappa shape index (κ1) is 17.0. The molecule has 0 spiro atoms. The highest BCUT2D eigenvalue weighted by atomic mass is 19.1. The highest BCUT2D eigenvalue weighted by Crippen LogP contribution is 2.33. The van der Waals surface area contributed by atoms with E-state index in [1.165, 1.54) is 12.3 Å². The average Bonchev–Trinajstić information content (AvgIpc) is 2.58. The first-order valence-corrected chi connectivity index (χ1v) is 8.02. The van der Waals surface area contributed by atoms with Crippen molar-refractivity contribution in [2.24, 2.45) is 0 Å². The van der Waals surface area contributed by atoms with Crippen LogP contribution in [-0.4, -0.2) is 18.2 Å². The smallest absolute Gasteiger partial charge is 0.163 e. The normalized spacial score (nSPS) is 10.7. The fourth-order valence-electron chi connectivity index (χ4n) is 2.57. The minimum atomic E-state index is -0.694. The quantitative estimate of drug-likeness (QED) is 0.679. The fourth-order valence-corrected chi connectivity index (χ4v) is 2.57. The third-order valence-corrected chi connectivity index (χ3v) is 3.59. The van der Waals surface area contributed by atoms with E-state index in [1.54, 1.807) is 18.2 Å². The molecule has 0 aliphatic heterocycles. The van der Waals surface area contributed by atoms with Gasteiger partial charge in [-0.25, -0.2) is 8.78 Å². The predicted octanol–water partition coefficient (Wildman–Crippen LogP) is 5.05. The highest BCUT2D eigenvalue weighted by Gasteiger charge is 2.11. The molecule has 2 aromatic carbocycles. The van der Waals surface area contributed by atoms with Crippen molar-refractivity contribution in [2.45, 2.75) is 13.8 Å².